The van der Waals surface area contributed by atoms with E-state index >= 15 is 0 Å². The highest BCUT2D eigenvalue weighted by atomic mass is 19.1. The first kappa shape index (κ1) is 15.3. The fraction of sp³-hybridized carbons (Fsp3) is 0.250. The second-order valence-corrected chi connectivity index (χ2v) is 5.94. The number of allylic oxidation sites excluding steroid dienone is 1. The van der Waals surface area contributed by atoms with Gasteiger partial charge in [-0.1, -0.05) is 0 Å². The first-order valence-electron chi connectivity index (χ1n) is 7.76. The highest BCUT2D eigenvalue weighted by Crippen LogP contribution is 2.32. The topological polar surface area (TPSA) is 91.7 Å². The monoisotopic (exact) mass is 341 g/mol. The Balaban J connectivity index is 1.66. The predicted octanol–water partition coefficient (Wildman–Crippen LogP) is 2.22. The number of carbonyl (C=O) groups excluding carboxylic acids is 1. The van der Waals surface area contributed by atoms with Crippen molar-refractivity contribution in [3.63, 3.8) is 0 Å². The molecule has 25 heavy (non-hydrogen) atoms. The van der Waals surface area contributed by atoms with Crippen LogP contribution in [0.25, 0.3) is 11.0 Å². The van der Waals surface area contributed by atoms with E-state index in [1.165, 1.54) is 18.5 Å². The highest BCUT2D eigenvalue weighted by Gasteiger charge is 2.32. The van der Waals surface area contributed by atoms with E-state index in [1.54, 1.807) is 10.7 Å². The summed E-state index contributed by atoms with van der Waals surface area (Å²) in [6.07, 6.45) is 1.46. The minimum Gasteiger partial charge on any atom is -0.324 e. The Bertz CT molecular complexity index is 1020. The quantitative estimate of drug-likeness (QED) is 0.746. The third-order valence-corrected chi connectivity index (χ3v) is 4.45. The van der Waals surface area contributed by atoms with Crippen molar-refractivity contribution in [2.24, 2.45) is 0 Å². The zero-order valence-electron chi connectivity index (χ0n) is 13.9. The van der Waals surface area contributed by atoms with E-state index in [0.29, 0.717) is 22.6 Å². The molecule has 1 aliphatic rings. The van der Waals surface area contributed by atoms with Gasteiger partial charge in [-0.25, -0.2) is 14.1 Å². The lowest BCUT2D eigenvalue weighted by molar-refractivity contribution is -0.113. The van der Waals surface area contributed by atoms with Crippen molar-refractivity contribution in [3.8, 4) is 0 Å². The number of hydrogen-bond donors (Lipinski definition) is 2. The summed E-state index contributed by atoms with van der Waals surface area (Å²) >= 11 is 0. The summed E-state index contributed by atoms with van der Waals surface area (Å²) in [6, 6.07) is 3.95. The summed E-state index contributed by atoms with van der Waals surface area (Å²) < 4.78 is 15.0. The average molecular weight is 341 g/mol. The predicted molar refractivity (Wildman–Crippen MR) is 90.5 cm³/mol. The molecule has 0 aliphatic carbocycles. The molecule has 0 saturated heterocycles. The van der Waals surface area contributed by atoms with E-state index in [-0.39, 0.29) is 23.7 Å². The molecular weight excluding hydrogens is 325 g/mol. The van der Waals surface area contributed by atoms with Crippen LogP contribution in [0.3, 0.4) is 0 Å². The molecule has 0 fully saturated rings. The van der Waals surface area contributed by atoms with E-state index < -0.39 is 0 Å². The second-order valence-electron chi connectivity index (χ2n) is 5.94. The fourth-order valence-electron chi connectivity index (χ4n) is 3.08. The van der Waals surface area contributed by atoms with Crippen LogP contribution in [0.5, 0.6) is 0 Å². The smallest absolute Gasteiger partial charge is 0.257 e. The molecule has 3 heterocycles. The van der Waals surface area contributed by atoms with E-state index in [0.717, 1.165) is 5.70 Å². The van der Waals surface area contributed by atoms with Crippen molar-refractivity contribution in [1.82, 2.24) is 24.7 Å². The Morgan fingerprint density at radius 2 is 2.20 bits per heavy atom. The largest absolute Gasteiger partial charge is 0.324 e. The van der Waals surface area contributed by atoms with Gasteiger partial charge in [0.25, 0.3) is 5.91 Å². The maximum absolute atomic E-state index is 13.3. The van der Waals surface area contributed by atoms with Crippen molar-refractivity contribution in [2.75, 3.05) is 17.3 Å². The van der Waals surface area contributed by atoms with Crippen molar-refractivity contribution < 1.29 is 9.18 Å². The first-order chi connectivity index (χ1) is 12.0. The van der Waals surface area contributed by atoms with Gasteiger partial charge in [0.05, 0.1) is 22.6 Å². The minimum atomic E-state index is -0.367. The third kappa shape index (κ3) is 2.35. The zero-order chi connectivity index (χ0) is 17.7. The summed E-state index contributed by atoms with van der Waals surface area (Å²) in [5, 5.41) is 6.94. The number of anilines is 2. The van der Waals surface area contributed by atoms with Gasteiger partial charge in [0.1, 0.15) is 12.1 Å². The molecule has 3 aromatic rings. The molecule has 0 spiro atoms. The minimum absolute atomic E-state index is 0.268. The molecule has 1 aromatic carbocycles. The molecule has 8 nitrogen and oxygen atoms in total. The number of rotatable bonds is 2. The molecule has 1 amide bonds. The molecule has 9 heteroatoms. The number of carbonyl (C=O) groups is 1. The molecule has 4 rings (SSSR count). The standard InChI is InChI=1S/C16H16FN7O/c1-8-13(9(2)24-16(23(8)3)18-7-19-24)14(25)22-15-20-11-5-4-10(17)6-12(11)21-15/h4-7,9H,1-3H3,(H2,20,21,22,25)/t9-/m1/s1. The number of halogens is 1. The van der Waals surface area contributed by atoms with Gasteiger partial charge in [0.2, 0.25) is 11.9 Å². The lowest BCUT2D eigenvalue weighted by Gasteiger charge is -2.31. The van der Waals surface area contributed by atoms with Gasteiger partial charge in [-0.15, -0.1) is 0 Å². The van der Waals surface area contributed by atoms with Gasteiger partial charge in [0.15, 0.2) is 0 Å². The van der Waals surface area contributed by atoms with Crippen LogP contribution in [0.2, 0.25) is 0 Å². The van der Waals surface area contributed by atoms with Crippen LogP contribution in [-0.4, -0.2) is 37.7 Å². The number of nitrogens with zero attached hydrogens (tertiary/aromatic N) is 5. The van der Waals surface area contributed by atoms with Crippen LogP contribution < -0.4 is 10.2 Å². The van der Waals surface area contributed by atoms with Crippen molar-refractivity contribution in [2.45, 2.75) is 19.9 Å². The fourth-order valence-corrected chi connectivity index (χ4v) is 3.08. The van der Waals surface area contributed by atoms with E-state index in [4.69, 9.17) is 0 Å². The number of hydrogen-bond acceptors (Lipinski definition) is 5. The van der Waals surface area contributed by atoms with Crippen LogP contribution in [0.4, 0.5) is 16.3 Å². The third-order valence-electron chi connectivity index (χ3n) is 4.45. The summed E-state index contributed by atoms with van der Waals surface area (Å²) in [6.45, 7) is 3.75. The van der Waals surface area contributed by atoms with Crippen LogP contribution in [-0.2, 0) is 4.79 Å². The Morgan fingerprint density at radius 1 is 1.40 bits per heavy atom. The molecule has 1 aliphatic heterocycles. The van der Waals surface area contributed by atoms with Crippen LogP contribution in [0.15, 0.2) is 35.8 Å². The van der Waals surface area contributed by atoms with Gasteiger partial charge < -0.3 is 9.88 Å². The SMILES string of the molecule is CC1=C(C(=O)Nc2nc3ccc(F)cc3[nH]2)[C@@H](C)n2ncnc2N1C. The summed E-state index contributed by atoms with van der Waals surface area (Å²) in [7, 11) is 1.83. The summed E-state index contributed by atoms with van der Waals surface area (Å²) in [4.78, 5) is 26.0. The average Bonchev–Trinajstić information content (AvgIpc) is 3.19. The van der Waals surface area contributed by atoms with Gasteiger partial charge in [-0.2, -0.15) is 10.1 Å². The molecule has 0 saturated carbocycles. The van der Waals surface area contributed by atoms with Crippen LogP contribution >= 0.6 is 0 Å². The van der Waals surface area contributed by atoms with Crippen molar-refractivity contribution in [1.29, 1.82) is 0 Å². The number of aromatic nitrogens is 5. The summed E-state index contributed by atoms with van der Waals surface area (Å²) in [5.41, 5.74) is 2.45. The molecule has 0 unspecified atom stereocenters. The molecule has 0 radical (unpaired) electrons. The Kier molecular flexibility index (Phi) is 3.31. The number of H-pyrrole nitrogens is 1. The number of benzene rings is 1. The van der Waals surface area contributed by atoms with E-state index in [9.17, 15) is 9.18 Å². The first-order valence-corrected chi connectivity index (χ1v) is 7.76. The maximum atomic E-state index is 13.3. The Hall–Kier alpha value is -3.23. The zero-order valence-corrected chi connectivity index (χ0v) is 13.9. The van der Waals surface area contributed by atoms with Crippen LogP contribution in [0, 0.1) is 5.82 Å². The molecule has 128 valence electrons. The lowest BCUT2D eigenvalue weighted by atomic mass is 10.0. The molecule has 0 bridgehead atoms. The number of imidazole rings is 1. The maximum Gasteiger partial charge on any atom is 0.257 e. The molecule has 2 N–H and O–H groups in total. The van der Waals surface area contributed by atoms with Gasteiger partial charge >= 0.3 is 0 Å². The molecule has 1 atom stereocenters. The second kappa shape index (κ2) is 5.40. The van der Waals surface area contributed by atoms with Gasteiger partial charge in [0, 0.05) is 12.7 Å². The van der Waals surface area contributed by atoms with Gasteiger partial charge in [-0.3, -0.25) is 10.1 Å². The number of aromatic amines is 1. The molecule has 2 aromatic heterocycles. The molecular formula is C16H16FN7O. The Labute approximate surface area is 142 Å². The normalized spacial score (nSPS) is 17.1. The Morgan fingerprint density at radius 3 is 3.00 bits per heavy atom. The number of amides is 1. The highest BCUT2D eigenvalue weighted by molar-refractivity contribution is 6.05. The van der Waals surface area contributed by atoms with E-state index in [1.807, 2.05) is 25.8 Å². The van der Waals surface area contributed by atoms with Crippen molar-refractivity contribution in [3.05, 3.63) is 41.6 Å². The summed E-state index contributed by atoms with van der Waals surface area (Å²) in [5.74, 6) is 0.289. The number of fused-ring (bicyclic) bond motifs is 2. The van der Waals surface area contributed by atoms with Crippen molar-refractivity contribution >= 4 is 28.8 Å². The number of nitrogens with one attached hydrogen (secondary N) is 2. The van der Waals surface area contributed by atoms with Gasteiger partial charge in [-0.05, 0) is 32.0 Å². The lowest BCUT2D eigenvalue weighted by Crippen LogP contribution is -2.34. The van der Waals surface area contributed by atoms with E-state index in [2.05, 4.69) is 25.4 Å². The van der Waals surface area contributed by atoms with Crippen LogP contribution in [0.1, 0.15) is 19.9 Å².